The van der Waals surface area contributed by atoms with Crippen LogP contribution < -0.4 is 10.6 Å². The predicted octanol–water partition coefficient (Wildman–Crippen LogP) is 3.74. The van der Waals surface area contributed by atoms with Crippen LogP contribution in [0.25, 0.3) is 0 Å². The number of amides is 1. The molecule has 2 rings (SSSR count). The molecule has 1 aliphatic rings. The SMILES string of the molecule is CCNc1ccc(C(=O)NCC2(CC)CCC2)cc1C. The molecule has 3 nitrogen and oxygen atoms in total. The van der Waals surface area contributed by atoms with Crippen LogP contribution >= 0.6 is 0 Å². The lowest BCUT2D eigenvalue weighted by Gasteiger charge is -2.41. The van der Waals surface area contributed by atoms with Crippen molar-refractivity contribution in [3.8, 4) is 0 Å². The van der Waals surface area contributed by atoms with Gasteiger partial charge in [0.2, 0.25) is 0 Å². The summed E-state index contributed by atoms with van der Waals surface area (Å²) < 4.78 is 0. The normalized spacial score (nSPS) is 16.4. The highest BCUT2D eigenvalue weighted by Gasteiger charge is 2.35. The highest BCUT2D eigenvalue weighted by molar-refractivity contribution is 5.94. The van der Waals surface area contributed by atoms with Crippen molar-refractivity contribution in [1.29, 1.82) is 0 Å². The number of carbonyl (C=O) groups excluding carboxylic acids is 1. The molecule has 1 aromatic carbocycles. The number of rotatable bonds is 6. The molecule has 0 atom stereocenters. The second-order valence-corrected chi connectivity index (χ2v) is 5.95. The van der Waals surface area contributed by atoms with Gasteiger partial charge in [-0.25, -0.2) is 0 Å². The first-order chi connectivity index (χ1) is 9.60. The minimum absolute atomic E-state index is 0.0517. The van der Waals surface area contributed by atoms with Gasteiger partial charge in [0, 0.05) is 24.3 Å². The van der Waals surface area contributed by atoms with Crippen molar-refractivity contribution in [2.24, 2.45) is 5.41 Å². The van der Waals surface area contributed by atoms with E-state index in [1.807, 2.05) is 25.1 Å². The summed E-state index contributed by atoms with van der Waals surface area (Å²) >= 11 is 0. The fourth-order valence-corrected chi connectivity index (χ4v) is 2.90. The van der Waals surface area contributed by atoms with Crippen molar-refractivity contribution in [2.75, 3.05) is 18.4 Å². The first-order valence-electron chi connectivity index (χ1n) is 7.73. The van der Waals surface area contributed by atoms with E-state index >= 15 is 0 Å². The summed E-state index contributed by atoms with van der Waals surface area (Å²) in [5.41, 5.74) is 3.35. The molecule has 2 N–H and O–H groups in total. The minimum Gasteiger partial charge on any atom is -0.385 e. The molecule has 0 heterocycles. The maximum atomic E-state index is 12.2. The van der Waals surface area contributed by atoms with Gasteiger partial charge >= 0.3 is 0 Å². The van der Waals surface area contributed by atoms with E-state index in [1.165, 1.54) is 19.3 Å². The lowest BCUT2D eigenvalue weighted by molar-refractivity contribution is 0.0850. The minimum atomic E-state index is 0.0517. The number of anilines is 1. The molecule has 0 bridgehead atoms. The van der Waals surface area contributed by atoms with E-state index in [0.717, 1.165) is 36.3 Å². The van der Waals surface area contributed by atoms with Crippen LogP contribution in [0.4, 0.5) is 5.69 Å². The zero-order valence-electron chi connectivity index (χ0n) is 12.9. The lowest BCUT2D eigenvalue weighted by Crippen LogP contribution is -2.41. The van der Waals surface area contributed by atoms with E-state index in [9.17, 15) is 4.79 Å². The van der Waals surface area contributed by atoms with Gasteiger partial charge < -0.3 is 10.6 Å². The maximum absolute atomic E-state index is 12.2. The molecule has 1 aromatic rings. The topological polar surface area (TPSA) is 41.1 Å². The summed E-state index contributed by atoms with van der Waals surface area (Å²) in [6.45, 7) is 8.04. The molecule has 1 aliphatic carbocycles. The third-order valence-electron chi connectivity index (χ3n) is 4.64. The second-order valence-electron chi connectivity index (χ2n) is 5.95. The van der Waals surface area contributed by atoms with Gasteiger partial charge in [-0.05, 0) is 62.3 Å². The number of aryl methyl sites for hydroxylation is 1. The molecular weight excluding hydrogens is 248 g/mol. The zero-order chi connectivity index (χ0) is 14.6. The maximum Gasteiger partial charge on any atom is 0.251 e. The van der Waals surface area contributed by atoms with E-state index in [4.69, 9.17) is 0 Å². The summed E-state index contributed by atoms with van der Waals surface area (Å²) in [6.07, 6.45) is 4.97. The molecule has 3 heteroatoms. The number of hydrogen-bond acceptors (Lipinski definition) is 2. The van der Waals surface area contributed by atoms with E-state index < -0.39 is 0 Å². The fraction of sp³-hybridized carbons (Fsp3) is 0.588. The van der Waals surface area contributed by atoms with Crippen molar-refractivity contribution in [1.82, 2.24) is 5.32 Å². The summed E-state index contributed by atoms with van der Waals surface area (Å²) in [5.74, 6) is 0.0517. The van der Waals surface area contributed by atoms with E-state index in [0.29, 0.717) is 5.41 Å². The first-order valence-corrected chi connectivity index (χ1v) is 7.73. The smallest absolute Gasteiger partial charge is 0.251 e. The van der Waals surface area contributed by atoms with E-state index in [2.05, 4.69) is 24.5 Å². The van der Waals surface area contributed by atoms with Crippen LogP contribution in [0.2, 0.25) is 0 Å². The summed E-state index contributed by atoms with van der Waals surface area (Å²) in [5, 5.41) is 6.41. The summed E-state index contributed by atoms with van der Waals surface area (Å²) in [7, 11) is 0. The number of nitrogens with one attached hydrogen (secondary N) is 2. The van der Waals surface area contributed by atoms with Gasteiger partial charge in [0.25, 0.3) is 5.91 Å². The number of benzene rings is 1. The summed E-state index contributed by atoms with van der Waals surface area (Å²) in [6, 6.07) is 5.86. The molecule has 1 saturated carbocycles. The molecular formula is C17H26N2O. The van der Waals surface area contributed by atoms with Crippen LogP contribution in [0.15, 0.2) is 18.2 Å². The van der Waals surface area contributed by atoms with Crippen LogP contribution in [-0.4, -0.2) is 19.0 Å². The number of hydrogen-bond donors (Lipinski definition) is 2. The third-order valence-corrected chi connectivity index (χ3v) is 4.64. The Hall–Kier alpha value is -1.51. The van der Waals surface area contributed by atoms with Crippen molar-refractivity contribution in [2.45, 2.75) is 46.5 Å². The molecule has 0 unspecified atom stereocenters. The second kappa shape index (κ2) is 6.29. The Morgan fingerprint density at radius 3 is 2.55 bits per heavy atom. The largest absolute Gasteiger partial charge is 0.385 e. The van der Waals surface area contributed by atoms with Crippen LogP contribution in [-0.2, 0) is 0 Å². The lowest BCUT2D eigenvalue weighted by atomic mass is 9.67. The molecule has 0 saturated heterocycles. The Bertz CT molecular complexity index is 472. The Balaban J connectivity index is 1.97. The average Bonchev–Trinajstić information content (AvgIpc) is 2.40. The Morgan fingerprint density at radius 2 is 2.05 bits per heavy atom. The standard InChI is InChI=1S/C17H26N2O/c1-4-17(9-6-10-17)12-19-16(20)14-7-8-15(18-5-2)13(3)11-14/h7-8,11,18H,4-6,9-10,12H2,1-3H3,(H,19,20). The highest BCUT2D eigenvalue weighted by Crippen LogP contribution is 2.43. The quantitative estimate of drug-likeness (QED) is 0.829. The van der Waals surface area contributed by atoms with Gasteiger partial charge in [-0.1, -0.05) is 13.3 Å². The van der Waals surface area contributed by atoms with Crippen LogP contribution in [0, 0.1) is 12.3 Å². The highest BCUT2D eigenvalue weighted by atomic mass is 16.1. The van der Waals surface area contributed by atoms with Crippen molar-refractivity contribution in [3.63, 3.8) is 0 Å². The van der Waals surface area contributed by atoms with Gasteiger partial charge in [-0.3, -0.25) is 4.79 Å². The first kappa shape index (κ1) is 14.9. The Morgan fingerprint density at radius 1 is 1.30 bits per heavy atom. The molecule has 20 heavy (non-hydrogen) atoms. The third kappa shape index (κ3) is 3.14. The van der Waals surface area contributed by atoms with E-state index in [-0.39, 0.29) is 5.91 Å². The molecule has 1 fully saturated rings. The van der Waals surface area contributed by atoms with Gasteiger partial charge in [-0.15, -0.1) is 0 Å². The molecule has 0 aromatic heterocycles. The van der Waals surface area contributed by atoms with Crippen molar-refractivity contribution < 1.29 is 4.79 Å². The Kier molecular flexibility index (Phi) is 4.69. The Labute approximate surface area is 122 Å². The molecule has 1 amide bonds. The number of carbonyl (C=O) groups is 1. The molecule has 110 valence electrons. The zero-order valence-corrected chi connectivity index (χ0v) is 12.9. The molecule has 0 aliphatic heterocycles. The monoisotopic (exact) mass is 274 g/mol. The van der Waals surface area contributed by atoms with Gasteiger partial charge in [0.15, 0.2) is 0 Å². The van der Waals surface area contributed by atoms with Crippen LogP contribution in [0.1, 0.15) is 55.5 Å². The van der Waals surface area contributed by atoms with E-state index in [1.54, 1.807) is 0 Å². The molecule has 0 spiro atoms. The average molecular weight is 274 g/mol. The van der Waals surface area contributed by atoms with Crippen LogP contribution in [0.5, 0.6) is 0 Å². The van der Waals surface area contributed by atoms with Gasteiger partial charge in [0.1, 0.15) is 0 Å². The molecule has 0 radical (unpaired) electrons. The van der Waals surface area contributed by atoms with Gasteiger partial charge in [0.05, 0.1) is 0 Å². The van der Waals surface area contributed by atoms with Crippen LogP contribution in [0.3, 0.4) is 0 Å². The predicted molar refractivity (Wildman–Crippen MR) is 84.3 cm³/mol. The van der Waals surface area contributed by atoms with Gasteiger partial charge in [-0.2, -0.15) is 0 Å². The van der Waals surface area contributed by atoms with Crippen molar-refractivity contribution in [3.05, 3.63) is 29.3 Å². The summed E-state index contributed by atoms with van der Waals surface area (Å²) in [4.78, 5) is 12.2. The fourth-order valence-electron chi connectivity index (χ4n) is 2.90. The van der Waals surface area contributed by atoms with Crippen molar-refractivity contribution >= 4 is 11.6 Å².